The predicted octanol–water partition coefficient (Wildman–Crippen LogP) is 3.13. The molecular formula is C11H6F3N3. The van der Waals surface area contributed by atoms with Crippen molar-refractivity contribution in [3.63, 3.8) is 0 Å². The van der Waals surface area contributed by atoms with E-state index in [0.29, 0.717) is 11.0 Å². The number of nitrogens with one attached hydrogen (secondary N) is 1. The van der Waals surface area contributed by atoms with Crippen LogP contribution in [0, 0.1) is 0 Å². The second kappa shape index (κ2) is 3.19. The Morgan fingerprint density at radius 1 is 1.06 bits per heavy atom. The maximum Gasteiger partial charge on any atom is 0.449 e. The predicted molar refractivity (Wildman–Crippen MR) is 56.4 cm³/mol. The first-order valence-electron chi connectivity index (χ1n) is 4.86. The molecule has 1 aromatic carbocycles. The van der Waals surface area contributed by atoms with E-state index in [1.54, 1.807) is 24.3 Å². The lowest BCUT2D eigenvalue weighted by atomic mass is 10.2. The lowest BCUT2D eigenvalue weighted by Gasteiger charge is -1.98. The SMILES string of the molecule is FC(F)(F)c1nc2c(ccc3cccnc32)[nH]1. The van der Waals surface area contributed by atoms with Gasteiger partial charge in [-0.1, -0.05) is 12.1 Å². The van der Waals surface area contributed by atoms with Crippen molar-refractivity contribution in [1.29, 1.82) is 0 Å². The zero-order valence-corrected chi connectivity index (χ0v) is 8.42. The van der Waals surface area contributed by atoms with Crippen LogP contribution in [0.3, 0.4) is 0 Å². The quantitative estimate of drug-likeness (QED) is 0.652. The van der Waals surface area contributed by atoms with Gasteiger partial charge in [0, 0.05) is 11.6 Å². The fourth-order valence-corrected chi connectivity index (χ4v) is 1.75. The van der Waals surface area contributed by atoms with E-state index in [0.717, 1.165) is 5.39 Å². The summed E-state index contributed by atoms with van der Waals surface area (Å²) < 4.78 is 37.5. The Morgan fingerprint density at radius 3 is 2.65 bits per heavy atom. The van der Waals surface area contributed by atoms with Crippen molar-refractivity contribution in [3.05, 3.63) is 36.3 Å². The van der Waals surface area contributed by atoms with E-state index in [1.807, 2.05) is 0 Å². The van der Waals surface area contributed by atoms with Gasteiger partial charge in [-0.25, -0.2) is 4.98 Å². The molecule has 1 N–H and O–H groups in total. The van der Waals surface area contributed by atoms with Crippen LogP contribution in [0.1, 0.15) is 5.82 Å². The topological polar surface area (TPSA) is 41.6 Å². The fraction of sp³-hybridized carbons (Fsp3) is 0.0909. The monoisotopic (exact) mass is 237 g/mol. The molecule has 0 aliphatic heterocycles. The second-order valence-electron chi connectivity index (χ2n) is 3.62. The Labute approximate surface area is 93.3 Å². The van der Waals surface area contributed by atoms with Gasteiger partial charge in [0.05, 0.1) is 11.0 Å². The van der Waals surface area contributed by atoms with Gasteiger partial charge < -0.3 is 4.98 Å². The van der Waals surface area contributed by atoms with E-state index < -0.39 is 12.0 Å². The highest BCUT2D eigenvalue weighted by Gasteiger charge is 2.34. The molecule has 0 unspecified atom stereocenters. The summed E-state index contributed by atoms with van der Waals surface area (Å²) >= 11 is 0. The molecule has 0 saturated carbocycles. The van der Waals surface area contributed by atoms with Gasteiger partial charge in [0.1, 0.15) is 5.52 Å². The largest absolute Gasteiger partial charge is 0.449 e. The molecule has 0 fully saturated rings. The molecule has 3 nitrogen and oxygen atoms in total. The Hall–Kier alpha value is -2.11. The maximum absolute atomic E-state index is 12.5. The summed E-state index contributed by atoms with van der Waals surface area (Å²) in [7, 11) is 0. The zero-order valence-electron chi connectivity index (χ0n) is 8.42. The van der Waals surface area contributed by atoms with Crippen LogP contribution in [-0.4, -0.2) is 15.0 Å². The van der Waals surface area contributed by atoms with E-state index >= 15 is 0 Å². The standard InChI is InChI=1S/C11H6F3N3/c12-11(13,14)10-16-7-4-3-6-2-1-5-15-8(6)9(7)17-10/h1-5H,(H,16,17). The minimum atomic E-state index is -4.47. The molecule has 0 aliphatic rings. The highest BCUT2D eigenvalue weighted by Crippen LogP contribution is 2.30. The number of aromatic nitrogens is 3. The zero-order chi connectivity index (χ0) is 12.0. The number of nitrogens with zero attached hydrogens (tertiary/aromatic N) is 2. The third-order valence-electron chi connectivity index (χ3n) is 2.49. The fourth-order valence-electron chi connectivity index (χ4n) is 1.75. The molecule has 0 atom stereocenters. The van der Waals surface area contributed by atoms with Gasteiger partial charge >= 0.3 is 6.18 Å². The number of halogens is 3. The number of hydrogen-bond acceptors (Lipinski definition) is 2. The minimum absolute atomic E-state index is 0.246. The first-order chi connectivity index (χ1) is 8.05. The summed E-state index contributed by atoms with van der Waals surface area (Å²) in [5.74, 6) is -0.995. The number of rotatable bonds is 0. The second-order valence-corrected chi connectivity index (χ2v) is 3.62. The molecule has 3 rings (SSSR count). The van der Waals surface area contributed by atoms with Gasteiger partial charge in [0.15, 0.2) is 0 Å². The van der Waals surface area contributed by atoms with Crippen molar-refractivity contribution < 1.29 is 13.2 Å². The number of fused-ring (bicyclic) bond motifs is 3. The average Bonchev–Trinajstić information content (AvgIpc) is 2.72. The first kappa shape index (κ1) is 10.1. The highest BCUT2D eigenvalue weighted by atomic mass is 19.4. The molecule has 0 radical (unpaired) electrons. The smallest absolute Gasteiger partial charge is 0.334 e. The summed E-state index contributed by atoms with van der Waals surface area (Å²) in [6.07, 6.45) is -2.94. The van der Waals surface area contributed by atoms with E-state index in [2.05, 4.69) is 15.0 Å². The number of benzene rings is 1. The van der Waals surface area contributed by atoms with Crippen LogP contribution in [0.15, 0.2) is 30.5 Å². The van der Waals surface area contributed by atoms with E-state index in [4.69, 9.17) is 0 Å². The van der Waals surface area contributed by atoms with Crippen molar-refractivity contribution in [1.82, 2.24) is 15.0 Å². The van der Waals surface area contributed by atoms with Crippen molar-refractivity contribution >= 4 is 21.9 Å². The number of H-pyrrole nitrogens is 1. The summed E-state index contributed by atoms with van der Waals surface area (Å²) in [5.41, 5.74) is 1.05. The molecule has 0 bridgehead atoms. The number of alkyl halides is 3. The number of hydrogen-bond donors (Lipinski definition) is 1. The Kier molecular flexibility index (Phi) is 1.89. The maximum atomic E-state index is 12.5. The van der Waals surface area contributed by atoms with Crippen LogP contribution >= 0.6 is 0 Å². The van der Waals surface area contributed by atoms with Crippen LogP contribution in [0.4, 0.5) is 13.2 Å². The van der Waals surface area contributed by atoms with Gasteiger partial charge in [-0.15, -0.1) is 0 Å². The molecule has 2 heterocycles. The Balaban J connectivity index is 2.39. The van der Waals surface area contributed by atoms with Gasteiger partial charge in [0.25, 0.3) is 0 Å². The van der Waals surface area contributed by atoms with Crippen LogP contribution in [-0.2, 0) is 6.18 Å². The molecule has 86 valence electrons. The lowest BCUT2D eigenvalue weighted by Crippen LogP contribution is -2.06. The molecule has 6 heteroatoms. The van der Waals surface area contributed by atoms with E-state index in [-0.39, 0.29) is 5.52 Å². The van der Waals surface area contributed by atoms with Crippen LogP contribution in [0.25, 0.3) is 21.9 Å². The van der Waals surface area contributed by atoms with Crippen molar-refractivity contribution in [3.8, 4) is 0 Å². The van der Waals surface area contributed by atoms with Crippen molar-refractivity contribution in [2.24, 2.45) is 0 Å². The van der Waals surface area contributed by atoms with Crippen molar-refractivity contribution in [2.45, 2.75) is 6.18 Å². The molecule has 17 heavy (non-hydrogen) atoms. The summed E-state index contributed by atoms with van der Waals surface area (Å²) in [6, 6.07) is 6.79. The Bertz CT molecular complexity index is 700. The van der Waals surface area contributed by atoms with Crippen molar-refractivity contribution in [2.75, 3.05) is 0 Å². The van der Waals surface area contributed by atoms with Crippen LogP contribution in [0.2, 0.25) is 0 Å². The Morgan fingerprint density at radius 2 is 1.88 bits per heavy atom. The van der Waals surface area contributed by atoms with Crippen LogP contribution < -0.4 is 0 Å². The molecule has 0 aliphatic carbocycles. The lowest BCUT2D eigenvalue weighted by molar-refractivity contribution is -0.144. The molecule has 0 amide bonds. The number of aromatic amines is 1. The average molecular weight is 237 g/mol. The van der Waals surface area contributed by atoms with E-state index in [9.17, 15) is 13.2 Å². The molecule has 2 aromatic heterocycles. The summed E-state index contributed by atoms with van der Waals surface area (Å²) in [6.45, 7) is 0. The van der Waals surface area contributed by atoms with Gasteiger partial charge in [-0.2, -0.15) is 13.2 Å². The van der Waals surface area contributed by atoms with Crippen LogP contribution in [0.5, 0.6) is 0 Å². The van der Waals surface area contributed by atoms with Gasteiger partial charge in [-0.05, 0) is 12.1 Å². The van der Waals surface area contributed by atoms with E-state index in [1.165, 1.54) is 6.20 Å². The molecule has 0 saturated heterocycles. The highest BCUT2D eigenvalue weighted by molar-refractivity contribution is 6.01. The summed E-state index contributed by atoms with van der Waals surface area (Å²) in [5, 5.41) is 0.764. The third-order valence-corrected chi connectivity index (χ3v) is 2.49. The van der Waals surface area contributed by atoms with Gasteiger partial charge in [-0.3, -0.25) is 4.98 Å². The minimum Gasteiger partial charge on any atom is -0.334 e. The molecule has 3 aromatic rings. The summed E-state index contributed by atoms with van der Waals surface area (Å²) in [4.78, 5) is 9.88. The third kappa shape index (κ3) is 1.52. The molecule has 0 spiro atoms. The molecular weight excluding hydrogens is 231 g/mol. The van der Waals surface area contributed by atoms with Gasteiger partial charge in [0.2, 0.25) is 5.82 Å². The first-order valence-corrected chi connectivity index (χ1v) is 4.86. The number of imidazole rings is 1. The normalized spacial score (nSPS) is 12.4. The number of pyridine rings is 1.